The molecule has 44 heavy (non-hydrogen) atoms. The number of hydrogen-bond donors (Lipinski definition) is 1. The Balaban J connectivity index is 1.18. The fraction of sp³-hybridized carbons (Fsp3) is 0.297. The molecule has 0 aliphatic heterocycles. The Bertz CT molecular complexity index is 1720. The average Bonchev–Trinajstić information content (AvgIpc) is 3.83. The summed E-state index contributed by atoms with van der Waals surface area (Å²) < 4.78 is 7.41. The smallest absolute Gasteiger partial charge is 0.337 e. The van der Waals surface area contributed by atoms with Crippen LogP contribution in [0.5, 0.6) is 0 Å². The van der Waals surface area contributed by atoms with Gasteiger partial charge in [0.25, 0.3) is 0 Å². The summed E-state index contributed by atoms with van der Waals surface area (Å²) in [5.41, 5.74) is 7.52. The number of benzene rings is 4. The lowest BCUT2D eigenvalue weighted by atomic mass is 9.85. The number of ether oxygens (including phenoxy) is 1. The molecule has 224 valence electrons. The number of esters is 1. The second kappa shape index (κ2) is 12.3. The zero-order valence-electron chi connectivity index (χ0n) is 24.7. The molecule has 7 rings (SSSR count). The predicted molar refractivity (Wildman–Crippen MR) is 178 cm³/mol. The molecule has 7 heteroatoms. The van der Waals surface area contributed by atoms with Crippen molar-refractivity contribution in [1.29, 1.82) is 0 Å². The van der Waals surface area contributed by atoms with E-state index < -0.39 is 0 Å². The van der Waals surface area contributed by atoms with E-state index in [1.165, 1.54) is 48.0 Å². The molecule has 0 unspecified atom stereocenters. The number of fused-ring (bicyclic) bond motifs is 1. The maximum atomic E-state index is 11.8. The number of carbonyl (C=O) groups excluding carboxylic acids is 1. The van der Waals surface area contributed by atoms with Gasteiger partial charge in [0, 0.05) is 39.7 Å². The Morgan fingerprint density at radius 1 is 0.795 bits per heavy atom. The van der Waals surface area contributed by atoms with Gasteiger partial charge in [-0.1, -0.05) is 53.5 Å². The summed E-state index contributed by atoms with van der Waals surface area (Å²) >= 11 is 12.6. The number of anilines is 1. The summed E-state index contributed by atoms with van der Waals surface area (Å²) in [5.74, 6) is 1.54. The molecule has 2 fully saturated rings. The molecule has 0 radical (unpaired) electrons. The lowest BCUT2D eigenvalue weighted by Crippen LogP contribution is -2.28. The quantitative estimate of drug-likeness (QED) is 0.138. The molecule has 5 aromatic rings. The van der Waals surface area contributed by atoms with E-state index in [1.54, 1.807) is 0 Å². The van der Waals surface area contributed by atoms with E-state index in [1.807, 2.05) is 48.5 Å². The molecule has 5 nitrogen and oxygen atoms in total. The SMILES string of the molecule is COC(=O)c1ccc(NC2CCC(n3c(C4CC4)nc4ccc(C(c5ccc(Cl)cc5)c5ccc(Cl)cc5)cc43)CC2)cc1. The number of hydrogen-bond acceptors (Lipinski definition) is 4. The Morgan fingerprint density at radius 2 is 1.39 bits per heavy atom. The molecule has 0 saturated heterocycles. The van der Waals surface area contributed by atoms with Crippen LogP contribution in [0.2, 0.25) is 10.0 Å². The highest BCUT2D eigenvalue weighted by atomic mass is 35.5. The van der Waals surface area contributed by atoms with Crippen LogP contribution in [0, 0.1) is 0 Å². The molecule has 0 amide bonds. The fourth-order valence-electron chi connectivity index (χ4n) is 6.74. The lowest BCUT2D eigenvalue weighted by Gasteiger charge is -2.32. The molecule has 2 saturated carbocycles. The summed E-state index contributed by atoms with van der Waals surface area (Å²) in [4.78, 5) is 17.0. The Morgan fingerprint density at radius 3 is 1.95 bits per heavy atom. The van der Waals surface area contributed by atoms with Gasteiger partial charge in [0.2, 0.25) is 0 Å². The van der Waals surface area contributed by atoms with Gasteiger partial charge >= 0.3 is 5.97 Å². The first-order chi connectivity index (χ1) is 21.5. The molecule has 0 atom stereocenters. The van der Waals surface area contributed by atoms with Gasteiger partial charge in [0.05, 0.1) is 23.7 Å². The highest BCUT2D eigenvalue weighted by Crippen LogP contribution is 2.45. The van der Waals surface area contributed by atoms with Gasteiger partial charge in [0.15, 0.2) is 0 Å². The van der Waals surface area contributed by atoms with E-state index in [-0.39, 0.29) is 11.9 Å². The Kier molecular flexibility index (Phi) is 8.09. The first-order valence-corrected chi connectivity index (χ1v) is 16.2. The van der Waals surface area contributed by atoms with Crippen LogP contribution in [-0.4, -0.2) is 28.7 Å². The van der Waals surface area contributed by atoms with Crippen molar-refractivity contribution in [2.45, 2.75) is 62.4 Å². The molecule has 0 spiro atoms. The number of nitrogens with one attached hydrogen (secondary N) is 1. The number of halogens is 2. The summed E-state index contributed by atoms with van der Waals surface area (Å²) in [6.07, 6.45) is 6.76. The van der Waals surface area contributed by atoms with E-state index in [4.69, 9.17) is 32.9 Å². The van der Waals surface area contributed by atoms with Gasteiger partial charge in [-0.25, -0.2) is 9.78 Å². The monoisotopic (exact) mass is 623 g/mol. The van der Waals surface area contributed by atoms with Crippen LogP contribution in [0.3, 0.4) is 0 Å². The van der Waals surface area contributed by atoms with Crippen LogP contribution in [-0.2, 0) is 4.74 Å². The van der Waals surface area contributed by atoms with Gasteiger partial charge in [0.1, 0.15) is 5.82 Å². The third kappa shape index (κ3) is 5.96. The molecule has 4 aromatic carbocycles. The van der Waals surface area contributed by atoms with Crippen LogP contribution >= 0.6 is 23.2 Å². The minimum atomic E-state index is -0.313. The normalized spacial score (nSPS) is 18.5. The zero-order chi connectivity index (χ0) is 30.2. The number of carbonyl (C=O) groups is 1. The van der Waals surface area contributed by atoms with Crippen molar-refractivity contribution in [3.8, 4) is 0 Å². The molecule has 1 heterocycles. The number of methoxy groups -OCH3 is 1. The summed E-state index contributed by atoms with van der Waals surface area (Å²) in [6, 6.07) is 31.5. The largest absolute Gasteiger partial charge is 0.465 e. The molecule has 0 bridgehead atoms. The number of nitrogens with zero attached hydrogens (tertiary/aromatic N) is 2. The van der Waals surface area contributed by atoms with E-state index in [0.29, 0.717) is 23.6 Å². The highest BCUT2D eigenvalue weighted by molar-refractivity contribution is 6.30. The van der Waals surface area contributed by atoms with Crippen LogP contribution < -0.4 is 5.32 Å². The van der Waals surface area contributed by atoms with Crippen molar-refractivity contribution in [2.24, 2.45) is 0 Å². The van der Waals surface area contributed by atoms with Crippen LogP contribution in [0.4, 0.5) is 5.69 Å². The summed E-state index contributed by atoms with van der Waals surface area (Å²) in [7, 11) is 1.41. The molecule has 2 aliphatic rings. The molecule has 2 aliphatic carbocycles. The van der Waals surface area contributed by atoms with Crippen molar-refractivity contribution in [1.82, 2.24) is 9.55 Å². The van der Waals surface area contributed by atoms with E-state index in [9.17, 15) is 4.79 Å². The second-order valence-electron chi connectivity index (χ2n) is 12.1. The third-order valence-electron chi connectivity index (χ3n) is 9.16. The predicted octanol–water partition coefficient (Wildman–Crippen LogP) is 9.78. The van der Waals surface area contributed by atoms with E-state index >= 15 is 0 Å². The van der Waals surface area contributed by atoms with Crippen molar-refractivity contribution in [3.05, 3.63) is 129 Å². The summed E-state index contributed by atoms with van der Waals surface area (Å²) in [6.45, 7) is 0. The number of aromatic nitrogens is 2. The van der Waals surface area contributed by atoms with Crippen LogP contribution in [0.15, 0.2) is 91.0 Å². The van der Waals surface area contributed by atoms with Gasteiger partial charge in [-0.3, -0.25) is 0 Å². The zero-order valence-corrected chi connectivity index (χ0v) is 26.2. The van der Waals surface area contributed by atoms with Crippen LogP contribution in [0.1, 0.15) is 89.3 Å². The van der Waals surface area contributed by atoms with Crippen LogP contribution in [0.25, 0.3) is 11.0 Å². The third-order valence-corrected chi connectivity index (χ3v) is 9.67. The van der Waals surface area contributed by atoms with Gasteiger partial charge < -0.3 is 14.6 Å². The molecule has 1 aromatic heterocycles. The Hall–Kier alpha value is -3.80. The molecule has 1 N–H and O–H groups in total. The van der Waals surface area contributed by atoms with Gasteiger partial charge in [-0.2, -0.15) is 0 Å². The maximum Gasteiger partial charge on any atom is 0.337 e. The minimum absolute atomic E-state index is 0.0483. The standard InChI is InChI=1S/C37H35Cl2N3O2/c1-44-37(43)26-8-15-30(16-9-26)40-31-17-19-32(20-18-31)42-34-22-27(10-21-33(34)41-36(42)25-2-3-25)35(23-4-11-28(38)12-5-23)24-6-13-29(39)14-7-24/h4-16,21-22,25,31-32,35,40H,2-3,17-20H2,1H3. The molecular formula is C37H35Cl2N3O2. The van der Waals surface area contributed by atoms with Crippen molar-refractivity contribution < 1.29 is 9.53 Å². The second-order valence-corrected chi connectivity index (χ2v) is 13.0. The topological polar surface area (TPSA) is 56.1 Å². The summed E-state index contributed by atoms with van der Waals surface area (Å²) in [5, 5.41) is 5.15. The maximum absolute atomic E-state index is 11.8. The van der Waals surface area contributed by atoms with E-state index in [2.05, 4.69) is 52.3 Å². The van der Waals surface area contributed by atoms with Crippen molar-refractivity contribution >= 4 is 45.9 Å². The average molecular weight is 625 g/mol. The molecular weight excluding hydrogens is 589 g/mol. The Labute approximate surface area is 268 Å². The fourth-order valence-corrected chi connectivity index (χ4v) is 7.00. The van der Waals surface area contributed by atoms with Crippen molar-refractivity contribution in [2.75, 3.05) is 12.4 Å². The van der Waals surface area contributed by atoms with Gasteiger partial charge in [-0.05, 0) is 116 Å². The number of imidazole rings is 1. The van der Waals surface area contributed by atoms with E-state index in [0.717, 1.165) is 46.9 Å². The first-order valence-electron chi connectivity index (χ1n) is 15.4. The minimum Gasteiger partial charge on any atom is -0.465 e. The van der Waals surface area contributed by atoms with Crippen molar-refractivity contribution in [3.63, 3.8) is 0 Å². The highest BCUT2D eigenvalue weighted by Gasteiger charge is 2.34. The first kappa shape index (κ1) is 28.9. The van der Waals surface area contributed by atoms with Gasteiger partial charge in [-0.15, -0.1) is 0 Å². The lowest BCUT2D eigenvalue weighted by molar-refractivity contribution is 0.0600. The number of rotatable bonds is 8.